The van der Waals surface area contributed by atoms with Crippen LogP contribution in [0.4, 0.5) is 5.69 Å². The summed E-state index contributed by atoms with van der Waals surface area (Å²) in [5, 5.41) is 2.86. The Bertz CT molecular complexity index is 1070. The lowest BCUT2D eigenvalue weighted by Crippen LogP contribution is -2.41. The second-order valence-corrected chi connectivity index (χ2v) is 9.94. The normalized spacial score (nSPS) is 18.5. The van der Waals surface area contributed by atoms with E-state index in [2.05, 4.69) is 5.32 Å². The Morgan fingerprint density at radius 1 is 1.06 bits per heavy atom. The molecule has 0 aliphatic carbocycles. The summed E-state index contributed by atoms with van der Waals surface area (Å²) in [6, 6.07) is 8.23. The van der Waals surface area contributed by atoms with Gasteiger partial charge < -0.3 is 19.4 Å². The molecule has 2 aliphatic rings. The van der Waals surface area contributed by atoms with Crippen molar-refractivity contribution in [3.8, 4) is 0 Å². The maximum Gasteiger partial charge on any atom is 0.289 e. The van der Waals surface area contributed by atoms with Crippen molar-refractivity contribution < 1.29 is 27.2 Å². The van der Waals surface area contributed by atoms with Crippen molar-refractivity contribution in [2.24, 2.45) is 5.92 Å². The molecule has 0 bridgehead atoms. The smallest absolute Gasteiger partial charge is 0.289 e. The number of nitrogens with zero attached hydrogens (tertiary/aromatic N) is 2. The van der Waals surface area contributed by atoms with Crippen LogP contribution in [-0.4, -0.2) is 68.8 Å². The molecule has 10 heteroatoms. The number of anilines is 1. The van der Waals surface area contributed by atoms with Crippen molar-refractivity contribution in [1.82, 2.24) is 9.21 Å². The summed E-state index contributed by atoms with van der Waals surface area (Å²) in [7, 11) is -3.67. The first kappa shape index (κ1) is 22.5. The molecule has 1 aromatic carbocycles. The number of hydrogen-bond acceptors (Lipinski definition) is 6. The van der Waals surface area contributed by atoms with Crippen LogP contribution >= 0.6 is 0 Å². The maximum absolute atomic E-state index is 13.1. The van der Waals surface area contributed by atoms with Crippen molar-refractivity contribution in [3.63, 3.8) is 0 Å². The highest BCUT2D eigenvalue weighted by molar-refractivity contribution is 7.89. The molecule has 0 radical (unpaired) electrons. The molecule has 0 spiro atoms. The third kappa shape index (κ3) is 4.72. The maximum atomic E-state index is 13.1. The van der Waals surface area contributed by atoms with Crippen LogP contribution in [0.2, 0.25) is 0 Å². The van der Waals surface area contributed by atoms with Crippen molar-refractivity contribution in [2.45, 2.75) is 24.7 Å². The molecule has 172 valence electrons. The van der Waals surface area contributed by atoms with Gasteiger partial charge in [0.25, 0.3) is 5.91 Å². The van der Waals surface area contributed by atoms with Crippen LogP contribution in [0.25, 0.3) is 0 Å². The summed E-state index contributed by atoms with van der Waals surface area (Å²) in [5.74, 6) is -0.308. The van der Waals surface area contributed by atoms with Gasteiger partial charge in [-0.05, 0) is 49.6 Å². The Morgan fingerprint density at radius 3 is 2.44 bits per heavy atom. The molecule has 0 saturated carbocycles. The quantitative estimate of drug-likeness (QED) is 0.730. The molecule has 2 saturated heterocycles. The van der Waals surface area contributed by atoms with Gasteiger partial charge in [0.1, 0.15) is 0 Å². The molecule has 2 aromatic rings. The number of carbonyl (C=O) groups is 2. The van der Waals surface area contributed by atoms with E-state index in [9.17, 15) is 18.0 Å². The van der Waals surface area contributed by atoms with E-state index in [4.69, 9.17) is 9.15 Å². The first-order valence-electron chi connectivity index (χ1n) is 10.7. The SMILES string of the molecule is Cc1ccc(NC(=O)C2CCN(C(=O)c3ccco3)CC2)cc1S(=O)(=O)N1CCOCC1. The molecule has 1 aromatic heterocycles. The van der Waals surface area contributed by atoms with Gasteiger partial charge in [-0.3, -0.25) is 9.59 Å². The molecule has 32 heavy (non-hydrogen) atoms. The lowest BCUT2D eigenvalue weighted by Gasteiger charge is -2.31. The van der Waals surface area contributed by atoms with E-state index in [1.807, 2.05) is 0 Å². The van der Waals surface area contributed by atoms with Crippen molar-refractivity contribution >= 4 is 27.5 Å². The first-order chi connectivity index (χ1) is 15.4. The predicted octanol–water partition coefficient (Wildman–Crippen LogP) is 2.10. The number of amides is 2. The molecule has 1 N–H and O–H groups in total. The van der Waals surface area contributed by atoms with E-state index < -0.39 is 10.0 Å². The number of morpholine rings is 1. The summed E-state index contributed by atoms with van der Waals surface area (Å²) in [6.45, 7) is 4.03. The Kier molecular flexibility index (Phi) is 6.63. The largest absolute Gasteiger partial charge is 0.459 e. The number of ether oxygens (including phenoxy) is 1. The number of nitrogens with one attached hydrogen (secondary N) is 1. The molecule has 2 amide bonds. The number of sulfonamides is 1. The molecule has 3 heterocycles. The summed E-state index contributed by atoms with van der Waals surface area (Å²) in [5.41, 5.74) is 1.07. The van der Waals surface area contributed by atoms with Gasteiger partial charge in [-0.1, -0.05) is 6.07 Å². The number of aryl methyl sites for hydroxylation is 1. The second kappa shape index (κ2) is 9.43. The van der Waals surface area contributed by atoms with Crippen LogP contribution in [0.15, 0.2) is 45.9 Å². The predicted molar refractivity (Wildman–Crippen MR) is 117 cm³/mol. The molecule has 0 unspecified atom stereocenters. The van der Waals surface area contributed by atoms with Crippen LogP contribution in [-0.2, 0) is 19.6 Å². The standard InChI is InChI=1S/C22H27N3O6S/c1-16-4-5-18(15-20(16)32(28,29)25-10-13-30-14-11-25)23-21(26)17-6-8-24(9-7-17)22(27)19-3-2-12-31-19/h2-5,12,15,17H,6-11,13-14H2,1H3,(H,23,26). The van der Waals surface area contributed by atoms with Gasteiger partial charge in [-0.25, -0.2) is 8.42 Å². The lowest BCUT2D eigenvalue weighted by atomic mass is 9.95. The van der Waals surface area contributed by atoms with Gasteiger partial charge in [0.2, 0.25) is 15.9 Å². The molecule has 9 nitrogen and oxygen atoms in total. The van der Waals surface area contributed by atoms with Crippen LogP contribution in [0.1, 0.15) is 29.0 Å². The van der Waals surface area contributed by atoms with Crippen molar-refractivity contribution in [3.05, 3.63) is 47.9 Å². The Morgan fingerprint density at radius 2 is 1.78 bits per heavy atom. The number of piperidine rings is 1. The first-order valence-corrected chi connectivity index (χ1v) is 12.1. The van der Waals surface area contributed by atoms with Gasteiger partial charge in [-0.2, -0.15) is 4.31 Å². The van der Waals surface area contributed by atoms with Crippen LogP contribution in [0.3, 0.4) is 0 Å². The summed E-state index contributed by atoms with van der Waals surface area (Å²) in [4.78, 5) is 27.1. The Labute approximate surface area is 187 Å². The highest BCUT2D eigenvalue weighted by Crippen LogP contribution is 2.26. The topological polar surface area (TPSA) is 109 Å². The third-order valence-corrected chi connectivity index (χ3v) is 7.97. The summed E-state index contributed by atoms with van der Waals surface area (Å²) in [6.07, 6.45) is 2.52. The number of benzene rings is 1. The monoisotopic (exact) mass is 461 g/mol. The highest BCUT2D eigenvalue weighted by Gasteiger charge is 2.30. The Balaban J connectivity index is 1.40. The lowest BCUT2D eigenvalue weighted by molar-refractivity contribution is -0.121. The van der Waals surface area contributed by atoms with Crippen molar-refractivity contribution in [2.75, 3.05) is 44.7 Å². The number of rotatable bonds is 5. The van der Waals surface area contributed by atoms with E-state index in [1.165, 1.54) is 16.6 Å². The van der Waals surface area contributed by atoms with Gasteiger partial charge >= 0.3 is 0 Å². The average Bonchev–Trinajstić information content (AvgIpc) is 3.35. The van der Waals surface area contributed by atoms with E-state index in [0.29, 0.717) is 69.2 Å². The van der Waals surface area contributed by atoms with Gasteiger partial charge in [0.15, 0.2) is 5.76 Å². The summed E-state index contributed by atoms with van der Waals surface area (Å²) < 4.78 is 37.9. The zero-order valence-electron chi connectivity index (χ0n) is 18.0. The minimum Gasteiger partial charge on any atom is -0.459 e. The summed E-state index contributed by atoms with van der Waals surface area (Å²) >= 11 is 0. The fraction of sp³-hybridized carbons (Fsp3) is 0.455. The zero-order valence-corrected chi connectivity index (χ0v) is 18.8. The average molecular weight is 462 g/mol. The minimum absolute atomic E-state index is 0.173. The molecule has 2 fully saturated rings. The van der Waals surface area contributed by atoms with E-state index in [-0.39, 0.29) is 22.6 Å². The third-order valence-electron chi connectivity index (χ3n) is 5.93. The van der Waals surface area contributed by atoms with Crippen LogP contribution < -0.4 is 5.32 Å². The number of carbonyl (C=O) groups excluding carboxylic acids is 2. The van der Waals surface area contributed by atoms with Gasteiger partial charge in [0, 0.05) is 37.8 Å². The number of likely N-dealkylation sites (tertiary alicyclic amines) is 1. The van der Waals surface area contributed by atoms with Gasteiger partial charge in [-0.15, -0.1) is 0 Å². The fourth-order valence-electron chi connectivity index (χ4n) is 4.03. The van der Waals surface area contributed by atoms with E-state index >= 15 is 0 Å². The highest BCUT2D eigenvalue weighted by atomic mass is 32.2. The van der Waals surface area contributed by atoms with Gasteiger partial charge in [0.05, 0.1) is 24.4 Å². The Hall–Kier alpha value is -2.69. The minimum atomic E-state index is -3.67. The van der Waals surface area contributed by atoms with E-state index in [0.717, 1.165) is 0 Å². The van der Waals surface area contributed by atoms with Crippen LogP contribution in [0, 0.1) is 12.8 Å². The molecule has 2 aliphatic heterocycles. The van der Waals surface area contributed by atoms with Crippen molar-refractivity contribution in [1.29, 1.82) is 0 Å². The number of hydrogen-bond donors (Lipinski definition) is 1. The molecular weight excluding hydrogens is 434 g/mol. The molecular formula is C22H27N3O6S. The van der Waals surface area contributed by atoms with E-state index in [1.54, 1.807) is 36.1 Å². The number of furan rings is 1. The molecule has 0 atom stereocenters. The fourth-order valence-corrected chi connectivity index (χ4v) is 5.69. The van der Waals surface area contributed by atoms with Crippen LogP contribution in [0.5, 0.6) is 0 Å². The molecule has 4 rings (SSSR count). The second-order valence-electron chi connectivity index (χ2n) is 8.03. The zero-order chi connectivity index (χ0) is 22.7.